The Morgan fingerprint density at radius 1 is 1.30 bits per heavy atom. The van der Waals surface area contributed by atoms with Crippen LogP contribution in [0.3, 0.4) is 0 Å². The molecule has 2 atom stereocenters. The third-order valence-corrected chi connectivity index (χ3v) is 5.21. The molecule has 5 nitrogen and oxygen atoms in total. The number of rotatable bonds is 8. The van der Waals surface area contributed by atoms with Crippen LogP contribution in [0.2, 0.25) is 0 Å². The zero-order chi connectivity index (χ0) is 15.3. The third kappa shape index (κ3) is 5.14. The van der Waals surface area contributed by atoms with Gasteiger partial charge in [0.05, 0.1) is 6.26 Å². The molecule has 0 aromatic rings. The topological polar surface area (TPSA) is 57.7 Å². The number of Topliss-reactive ketones (excluding diaryl/α,β-unsaturated/α-hetero) is 1. The maximum absolute atomic E-state index is 12.3. The molecule has 20 heavy (non-hydrogen) atoms. The Labute approximate surface area is 123 Å². The van der Waals surface area contributed by atoms with Gasteiger partial charge in [0.25, 0.3) is 0 Å². The Hall–Kier alpha value is -0.460. The number of carbonyl (C=O) groups is 1. The first-order valence-corrected chi connectivity index (χ1v) is 9.23. The summed E-state index contributed by atoms with van der Waals surface area (Å²) in [5.74, 6) is 0.324. The highest BCUT2D eigenvalue weighted by molar-refractivity contribution is 7.88. The van der Waals surface area contributed by atoms with Crippen LogP contribution >= 0.6 is 0 Å². The van der Waals surface area contributed by atoms with Crippen LogP contribution in [-0.2, 0) is 14.8 Å². The van der Waals surface area contributed by atoms with Crippen LogP contribution in [0.4, 0.5) is 0 Å². The highest BCUT2D eigenvalue weighted by atomic mass is 32.2. The molecule has 0 aromatic carbocycles. The molecule has 1 rings (SSSR count). The van der Waals surface area contributed by atoms with Gasteiger partial charge in [-0.05, 0) is 39.4 Å². The zero-order valence-corrected chi connectivity index (χ0v) is 13.9. The quantitative estimate of drug-likeness (QED) is 0.676. The monoisotopic (exact) mass is 304 g/mol. The second kappa shape index (κ2) is 7.52. The van der Waals surface area contributed by atoms with E-state index < -0.39 is 10.0 Å². The summed E-state index contributed by atoms with van der Waals surface area (Å²) in [7, 11) is 0.802. The van der Waals surface area contributed by atoms with Gasteiger partial charge in [-0.1, -0.05) is 13.3 Å². The van der Waals surface area contributed by atoms with E-state index in [1.165, 1.54) is 10.6 Å². The minimum atomic E-state index is -3.18. The van der Waals surface area contributed by atoms with E-state index in [4.69, 9.17) is 0 Å². The van der Waals surface area contributed by atoms with Gasteiger partial charge in [-0.3, -0.25) is 4.79 Å². The Morgan fingerprint density at radius 3 is 2.45 bits per heavy atom. The smallest absolute Gasteiger partial charge is 0.211 e. The molecule has 0 bridgehead atoms. The number of ketones is 1. The second-order valence-electron chi connectivity index (χ2n) is 6.11. The lowest BCUT2D eigenvalue weighted by atomic mass is 9.87. The van der Waals surface area contributed by atoms with Crippen LogP contribution in [0.15, 0.2) is 0 Å². The molecule has 0 amide bonds. The van der Waals surface area contributed by atoms with Gasteiger partial charge in [-0.25, -0.2) is 12.7 Å². The van der Waals surface area contributed by atoms with Gasteiger partial charge in [0.2, 0.25) is 10.0 Å². The average Bonchev–Trinajstić information content (AvgIpc) is 2.72. The van der Waals surface area contributed by atoms with Crippen LogP contribution in [0.5, 0.6) is 0 Å². The Kier molecular flexibility index (Phi) is 6.61. The molecule has 0 aromatic heterocycles. The molecule has 1 aliphatic rings. The summed E-state index contributed by atoms with van der Waals surface area (Å²) in [6, 6.07) is 0. The number of sulfonamides is 1. The summed E-state index contributed by atoms with van der Waals surface area (Å²) >= 11 is 0. The summed E-state index contributed by atoms with van der Waals surface area (Å²) in [5, 5.41) is 0. The van der Waals surface area contributed by atoms with Gasteiger partial charge >= 0.3 is 0 Å². The lowest BCUT2D eigenvalue weighted by molar-refractivity contribution is -0.123. The zero-order valence-electron chi connectivity index (χ0n) is 13.1. The molecule has 0 spiro atoms. The van der Waals surface area contributed by atoms with Crippen LogP contribution in [0.1, 0.15) is 32.6 Å². The number of hydrogen-bond donors (Lipinski definition) is 0. The molecule has 0 aliphatic carbocycles. The molecular weight excluding hydrogens is 276 g/mol. The SMILES string of the molecule is CCC[C@H]1CN(S(C)(=O)=O)CC1C(=O)CCCN(C)C. The molecule has 1 saturated heterocycles. The average molecular weight is 304 g/mol. The second-order valence-corrected chi connectivity index (χ2v) is 8.09. The number of carbonyl (C=O) groups excluding carboxylic acids is 1. The summed E-state index contributed by atoms with van der Waals surface area (Å²) < 4.78 is 24.8. The molecule has 1 unspecified atom stereocenters. The van der Waals surface area contributed by atoms with Crippen LogP contribution in [0.25, 0.3) is 0 Å². The van der Waals surface area contributed by atoms with Crippen molar-refractivity contribution in [2.45, 2.75) is 32.6 Å². The Balaban J connectivity index is 2.62. The van der Waals surface area contributed by atoms with Crippen molar-refractivity contribution in [3.05, 3.63) is 0 Å². The fourth-order valence-corrected chi connectivity index (χ4v) is 3.78. The number of hydrogen-bond acceptors (Lipinski definition) is 4. The van der Waals surface area contributed by atoms with E-state index in [-0.39, 0.29) is 17.6 Å². The molecule has 1 heterocycles. The van der Waals surface area contributed by atoms with Crippen molar-refractivity contribution in [3.63, 3.8) is 0 Å². The number of nitrogens with zero attached hydrogens (tertiary/aromatic N) is 2. The first-order valence-electron chi connectivity index (χ1n) is 7.38. The van der Waals surface area contributed by atoms with E-state index >= 15 is 0 Å². The summed E-state index contributed by atoms with van der Waals surface area (Å²) in [6.07, 6.45) is 4.55. The molecule has 0 saturated carbocycles. The van der Waals surface area contributed by atoms with E-state index in [9.17, 15) is 13.2 Å². The molecule has 1 aliphatic heterocycles. The van der Waals surface area contributed by atoms with Gasteiger partial charge in [-0.15, -0.1) is 0 Å². The summed E-state index contributed by atoms with van der Waals surface area (Å²) in [5.41, 5.74) is 0. The van der Waals surface area contributed by atoms with Crippen molar-refractivity contribution >= 4 is 15.8 Å². The van der Waals surface area contributed by atoms with Crippen molar-refractivity contribution < 1.29 is 13.2 Å². The predicted molar refractivity (Wildman–Crippen MR) is 81.1 cm³/mol. The summed E-state index contributed by atoms with van der Waals surface area (Å²) in [6.45, 7) is 3.87. The largest absolute Gasteiger partial charge is 0.309 e. The van der Waals surface area contributed by atoms with Crippen molar-refractivity contribution in [3.8, 4) is 0 Å². The van der Waals surface area contributed by atoms with Crippen LogP contribution < -0.4 is 0 Å². The van der Waals surface area contributed by atoms with E-state index in [0.717, 1.165) is 25.8 Å². The van der Waals surface area contributed by atoms with Gasteiger partial charge in [0.15, 0.2) is 0 Å². The molecular formula is C14H28N2O3S. The lowest BCUT2D eigenvalue weighted by Gasteiger charge is -2.17. The molecule has 6 heteroatoms. The van der Waals surface area contributed by atoms with Crippen molar-refractivity contribution in [2.75, 3.05) is 40.0 Å². The van der Waals surface area contributed by atoms with Crippen molar-refractivity contribution in [1.82, 2.24) is 9.21 Å². The summed E-state index contributed by atoms with van der Waals surface area (Å²) in [4.78, 5) is 14.4. The first kappa shape index (κ1) is 17.6. The van der Waals surface area contributed by atoms with Gasteiger partial charge in [0.1, 0.15) is 5.78 Å². The van der Waals surface area contributed by atoms with Gasteiger partial charge in [-0.2, -0.15) is 0 Å². The normalized spacial score (nSPS) is 24.4. The maximum Gasteiger partial charge on any atom is 0.211 e. The predicted octanol–water partition coefficient (Wildman–Crippen LogP) is 1.21. The Bertz CT molecular complexity index is 420. The molecule has 1 fully saturated rings. The van der Waals surface area contributed by atoms with E-state index in [2.05, 4.69) is 11.8 Å². The standard InChI is InChI=1S/C14H28N2O3S/c1-5-7-12-10-16(20(4,18)19)11-13(12)14(17)8-6-9-15(2)3/h12-13H,5-11H2,1-4H3/t12-,13?/m0/s1. The maximum atomic E-state index is 12.3. The van der Waals surface area contributed by atoms with Gasteiger partial charge in [0, 0.05) is 25.4 Å². The molecule has 0 N–H and O–H groups in total. The highest BCUT2D eigenvalue weighted by Crippen LogP contribution is 2.30. The van der Waals surface area contributed by atoms with E-state index in [1.54, 1.807) is 0 Å². The van der Waals surface area contributed by atoms with Gasteiger partial charge < -0.3 is 4.90 Å². The fourth-order valence-electron chi connectivity index (χ4n) is 2.89. The van der Waals surface area contributed by atoms with Crippen LogP contribution in [-0.4, -0.2) is 63.4 Å². The van der Waals surface area contributed by atoms with Crippen molar-refractivity contribution in [2.24, 2.45) is 11.8 Å². The first-order chi connectivity index (χ1) is 9.25. The van der Waals surface area contributed by atoms with E-state index in [0.29, 0.717) is 19.5 Å². The minimum absolute atomic E-state index is 0.105. The molecule has 118 valence electrons. The molecule has 0 radical (unpaired) electrons. The minimum Gasteiger partial charge on any atom is -0.309 e. The third-order valence-electron chi connectivity index (χ3n) is 3.98. The van der Waals surface area contributed by atoms with Crippen molar-refractivity contribution in [1.29, 1.82) is 0 Å². The fraction of sp³-hybridized carbons (Fsp3) is 0.929. The Morgan fingerprint density at radius 2 is 1.95 bits per heavy atom. The van der Waals surface area contributed by atoms with E-state index in [1.807, 2.05) is 14.1 Å². The van der Waals surface area contributed by atoms with Crippen LogP contribution in [0, 0.1) is 11.8 Å². The lowest BCUT2D eigenvalue weighted by Crippen LogP contribution is -2.29. The highest BCUT2D eigenvalue weighted by Gasteiger charge is 2.39.